The van der Waals surface area contributed by atoms with E-state index < -0.39 is 0 Å². The van der Waals surface area contributed by atoms with E-state index in [1.165, 1.54) is 10.4 Å². The minimum absolute atomic E-state index is 0.646. The first-order chi connectivity index (χ1) is 7.70. The zero-order valence-corrected chi connectivity index (χ0v) is 11.4. The van der Waals surface area contributed by atoms with Gasteiger partial charge in [0.25, 0.3) is 0 Å². The molecular formula is C12H13BrN2S. The highest BCUT2D eigenvalue weighted by Gasteiger charge is 2.10. The van der Waals surface area contributed by atoms with Gasteiger partial charge in [-0.2, -0.15) is 0 Å². The Morgan fingerprint density at radius 2 is 2.00 bits per heavy atom. The van der Waals surface area contributed by atoms with E-state index >= 15 is 0 Å². The van der Waals surface area contributed by atoms with E-state index in [0.717, 1.165) is 21.6 Å². The summed E-state index contributed by atoms with van der Waals surface area (Å²) in [5.41, 5.74) is 7.94. The van der Waals surface area contributed by atoms with Crippen molar-refractivity contribution in [1.82, 2.24) is 4.98 Å². The van der Waals surface area contributed by atoms with Gasteiger partial charge in [-0.05, 0) is 31.2 Å². The molecule has 0 radical (unpaired) electrons. The summed E-state index contributed by atoms with van der Waals surface area (Å²) < 4.78 is 1.10. The Morgan fingerprint density at radius 1 is 1.31 bits per heavy atom. The summed E-state index contributed by atoms with van der Waals surface area (Å²) in [6.07, 6.45) is 0.843. The van der Waals surface area contributed by atoms with Crippen molar-refractivity contribution in [2.75, 3.05) is 6.54 Å². The quantitative estimate of drug-likeness (QED) is 0.943. The summed E-state index contributed by atoms with van der Waals surface area (Å²) in [6.45, 7) is 2.68. The van der Waals surface area contributed by atoms with Gasteiger partial charge >= 0.3 is 0 Å². The standard InChI is InChI=1S/C12H13BrN2S/c1-8-15-11(6-7-14)12(16-8)9-2-4-10(13)5-3-9/h2-5H,6-7,14H2,1H3. The number of nitrogens with two attached hydrogens (primary N) is 1. The highest BCUT2D eigenvalue weighted by Crippen LogP contribution is 2.31. The molecule has 0 fully saturated rings. The van der Waals surface area contributed by atoms with Crippen LogP contribution in [-0.2, 0) is 6.42 Å². The molecular weight excluding hydrogens is 284 g/mol. The van der Waals surface area contributed by atoms with Gasteiger partial charge in [-0.3, -0.25) is 0 Å². The molecule has 84 valence electrons. The highest BCUT2D eigenvalue weighted by molar-refractivity contribution is 9.10. The first kappa shape index (κ1) is 11.8. The van der Waals surface area contributed by atoms with Crippen molar-refractivity contribution in [2.24, 2.45) is 5.73 Å². The Hall–Kier alpha value is -0.710. The second kappa shape index (κ2) is 5.08. The van der Waals surface area contributed by atoms with Gasteiger partial charge in [0.15, 0.2) is 0 Å². The molecule has 2 nitrogen and oxygen atoms in total. The number of hydrogen-bond acceptors (Lipinski definition) is 3. The van der Waals surface area contributed by atoms with Gasteiger partial charge in [0.05, 0.1) is 15.6 Å². The van der Waals surface area contributed by atoms with Gasteiger partial charge in [0, 0.05) is 10.9 Å². The van der Waals surface area contributed by atoms with E-state index in [9.17, 15) is 0 Å². The molecule has 0 aliphatic heterocycles. The maximum absolute atomic E-state index is 5.60. The Kier molecular flexibility index (Phi) is 3.74. The van der Waals surface area contributed by atoms with E-state index in [2.05, 4.69) is 45.2 Å². The van der Waals surface area contributed by atoms with Gasteiger partial charge in [0.2, 0.25) is 0 Å². The van der Waals surface area contributed by atoms with Gasteiger partial charge in [-0.25, -0.2) is 4.98 Å². The largest absolute Gasteiger partial charge is 0.330 e. The number of rotatable bonds is 3. The molecule has 0 spiro atoms. The predicted octanol–water partition coefficient (Wildman–Crippen LogP) is 3.38. The number of hydrogen-bond donors (Lipinski definition) is 1. The van der Waals surface area contributed by atoms with Gasteiger partial charge in [-0.1, -0.05) is 28.1 Å². The summed E-state index contributed by atoms with van der Waals surface area (Å²) in [6, 6.07) is 8.32. The van der Waals surface area contributed by atoms with Crippen LogP contribution in [0.3, 0.4) is 0 Å². The predicted molar refractivity (Wildman–Crippen MR) is 72.7 cm³/mol. The summed E-state index contributed by atoms with van der Waals surface area (Å²) in [5, 5.41) is 1.10. The molecule has 16 heavy (non-hydrogen) atoms. The first-order valence-electron chi connectivity index (χ1n) is 5.13. The van der Waals surface area contributed by atoms with Crippen molar-refractivity contribution in [3.63, 3.8) is 0 Å². The average molecular weight is 297 g/mol. The van der Waals surface area contributed by atoms with Crippen molar-refractivity contribution in [1.29, 1.82) is 0 Å². The summed E-state index contributed by atoms with van der Waals surface area (Å²) in [5.74, 6) is 0. The Balaban J connectivity index is 2.42. The molecule has 1 aromatic carbocycles. The van der Waals surface area contributed by atoms with E-state index in [4.69, 9.17) is 5.73 Å². The third-order valence-electron chi connectivity index (χ3n) is 2.29. The van der Waals surface area contributed by atoms with Crippen LogP contribution in [0.25, 0.3) is 10.4 Å². The minimum atomic E-state index is 0.646. The van der Waals surface area contributed by atoms with Crippen LogP contribution in [-0.4, -0.2) is 11.5 Å². The van der Waals surface area contributed by atoms with E-state index in [0.29, 0.717) is 6.54 Å². The zero-order valence-electron chi connectivity index (χ0n) is 9.03. The number of halogens is 1. The molecule has 0 aliphatic carbocycles. The average Bonchev–Trinajstić information content (AvgIpc) is 2.61. The molecule has 1 heterocycles. The zero-order chi connectivity index (χ0) is 11.5. The molecule has 0 atom stereocenters. The fraction of sp³-hybridized carbons (Fsp3) is 0.250. The lowest BCUT2D eigenvalue weighted by atomic mass is 10.1. The van der Waals surface area contributed by atoms with Crippen molar-refractivity contribution >= 4 is 27.3 Å². The normalized spacial score (nSPS) is 10.7. The van der Waals surface area contributed by atoms with Crippen LogP contribution >= 0.6 is 27.3 Å². The molecule has 2 aromatic rings. The lowest BCUT2D eigenvalue weighted by Gasteiger charge is -2.01. The van der Waals surface area contributed by atoms with Crippen molar-refractivity contribution in [3.05, 3.63) is 39.4 Å². The molecule has 0 aliphatic rings. The van der Waals surface area contributed by atoms with Crippen molar-refractivity contribution in [3.8, 4) is 10.4 Å². The lowest BCUT2D eigenvalue weighted by molar-refractivity contribution is 0.931. The van der Waals surface area contributed by atoms with E-state index in [1.807, 2.05) is 6.92 Å². The molecule has 4 heteroatoms. The fourth-order valence-electron chi connectivity index (χ4n) is 1.60. The number of aryl methyl sites for hydroxylation is 1. The maximum atomic E-state index is 5.60. The molecule has 1 aromatic heterocycles. The van der Waals surface area contributed by atoms with Crippen LogP contribution in [0.1, 0.15) is 10.7 Å². The SMILES string of the molecule is Cc1nc(CCN)c(-c2ccc(Br)cc2)s1. The Labute approximate surface area is 108 Å². The van der Waals surface area contributed by atoms with Crippen molar-refractivity contribution in [2.45, 2.75) is 13.3 Å². The van der Waals surface area contributed by atoms with E-state index in [1.54, 1.807) is 11.3 Å². The Morgan fingerprint density at radius 3 is 2.62 bits per heavy atom. The molecule has 0 unspecified atom stereocenters. The number of benzene rings is 1. The summed E-state index contributed by atoms with van der Waals surface area (Å²) in [4.78, 5) is 5.77. The topological polar surface area (TPSA) is 38.9 Å². The molecule has 0 saturated carbocycles. The second-order valence-corrected chi connectivity index (χ2v) is 5.67. The molecule has 0 saturated heterocycles. The second-order valence-electron chi connectivity index (χ2n) is 3.55. The molecule has 0 amide bonds. The Bertz CT molecular complexity index is 476. The van der Waals surface area contributed by atoms with Crippen LogP contribution in [0.4, 0.5) is 0 Å². The molecule has 2 rings (SSSR count). The fourth-order valence-corrected chi connectivity index (χ4v) is 2.84. The number of thiazole rings is 1. The summed E-state index contributed by atoms with van der Waals surface area (Å²) in [7, 11) is 0. The van der Waals surface area contributed by atoms with Crippen LogP contribution in [0.5, 0.6) is 0 Å². The monoisotopic (exact) mass is 296 g/mol. The molecule has 0 bridgehead atoms. The lowest BCUT2D eigenvalue weighted by Crippen LogP contribution is -2.03. The van der Waals surface area contributed by atoms with Gasteiger partial charge < -0.3 is 5.73 Å². The van der Waals surface area contributed by atoms with Crippen LogP contribution in [0.15, 0.2) is 28.7 Å². The third kappa shape index (κ3) is 2.51. The van der Waals surface area contributed by atoms with Crippen molar-refractivity contribution < 1.29 is 0 Å². The maximum Gasteiger partial charge on any atom is 0.0903 e. The van der Waals surface area contributed by atoms with E-state index in [-0.39, 0.29) is 0 Å². The van der Waals surface area contributed by atoms with Gasteiger partial charge in [0.1, 0.15) is 0 Å². The first-order valence-corrected chi connectivity index (χ1v) is 6.74. The smallest absolute Gasteiger partial charge is 0.0903 e. The van der Waals surface area contributed by atoms with Crippen LogP contribution in [0.2, 0.25) is 0 Å². The highest BCUT2D eigenvalue weighted by atomic mass is 79.9. The van der Waals surface area contributed by atoms with Gasteiger partial charge in [-0.15, -0.1) is 11.3 Å². The third-order valence-corrected chi connectivity index (χ3v) is 3.88. The number of nitrogens with zero attached hydrogens (tertiary/aromatic N) is 1. The minimum Gasteiger partial charge on any atom is -0.330 e. The van der Waals surface area contributed by atoms with Crippen LogP contribution < -0.4 is 5.73 Å². The summed E-state index contributed by atoms with van der Waals surface area (Å²) >= 11 is 5.17. The number of aromatic nitrogens is 1. The van der Waals surface area contributed by atoms with Crippen LogP contribution in [0, 0.1) is 6.92 Å². The molecule has 2 N–H and O–H groups in total.